The second kappa shape index (κ2) is 12.7. The van der Waals surface area contributed by atoms with Crippen molar-refractivity contribution in [3.63, 3.8) is 0 Å². The van der Waals surface area contributed by atoms with E-state index in [-0.39, 0.29) is 12.0 Å². The maximum absolute atomic E-state index is 10.8. The molecule has 1 heterocycles. The molecule has 1 rings (SSSR count). The molecule has 5 heteroatoms. The van der Waals surface area contributed by atoms with Crippen LogP contribution in [0.1, 0.15) is 117 Å². The Kier molecular flexibility index (Phi) is 11.5. The zero-order chi connectivity index (χ0) is 20.2. The number of nitrogens with zero attached hydrogens (tertiary/aromatic N) is 1. The summed E-state index contributed by atoms with van der Waals surface area (Å²) in [4.78, 5) is 10.5. The molecule has 1 fully saturated rings. The van der Waals surface area contributed by atoms with E-state index in [1.165, 1.54) is 37.2 Å². The van der Waals surface area contributed by atoms with E-state index in [1.807, 2.05) is 13.8 Å². The molecule has 0 aliphatic carbocycles. The largest absolute Gasteiger partial charge is 0.481 e. The van der Waals surface area contributed by atoms with E-state index in [1.54, 1.807) is 0 Å². The average Bonchev–Trinajstić information content (AvgIpc) is 2.84. The van der Waals surface area contributed by atoms with E-state index in [9.17, 15) is 10.0 Å². The summed E-state index contributed by atoms with van der Waals surface area (Å²) in [6.45, 7) is 6.89. The highest BCUT2D eigenvalue weighted by Gasteiger charge is 2.50. The molecule has 1 aliphatic rings. The Morgan fingerprint density at radius 3 is 1.81 bits per heavy atom. The topological polar surface area (TPSA) is 70.0 Å². The Morgan fingerprint density at radius 2 is 1.37 bits per heavy atom. The highest BCUT2D eigenvalue weighted by atomic mass is 16.6. The number of ether oxygens (including phenoxy) is 1. The third kappa shape index (κ3) is 8.93. The molecular weight excluding hydrogens is 342 g/mol. The molecule has 27 heavy (non-hydrogen) atoms. The van der Waals surface area contributed by atoms with Crippen LogP contribution >= 0.6 is 0 Å². The predicted octanol–water partition coefficient (Wildman–Crippen LogP) is 6.14. The molecule has 0 aromatic heterocycles. The summed E-state index contributed by atoms with van der Waals surface area (Å²) in [7, 11) is 0. The van der Waals surface area contributed by atoms with Crippen molar-refractivity contribution < 1.29 is 19.8 Å². The number of carbonyl (C=O) groups is 1. The van der Waals surface area contributed by atoms with Crippen molar-refractivity contribution in [3.8, 4) is 0 Å². The van der Waals surface area contributed by atoms with Gasteiger partial charge in [0.15, 0.2) is 0 Å². The number of unbranched alkanes of at least 4 members (excludes halogenated alkanes) is 10. The molecule has 0 radical (unpaired) electrons. The summed E-state index contributed by atoms with van der Waals surface area (Å²) in [6, 6.07) is 0. The van der Waals surface area contributed by atoms with Gasteiger partial charge >= 0.3 is 5.97 Å². The fourth-order valence-corrected chi connectivity index (χ4v) is 4.03. The number of rotatable bonds is 16. The normalized spacial score (nSPS) is 22.4. The molecule has 0 amide bonds. The van der Waals surface area contributed by atoms with Crippen LogP contribution in [0.5, 0.6) is 0 Å². The summed E-state index contributed by atoms with van der Waals surface area (Å²) in [5.74, 6) is -0.698. The van der Waals surface area contributed by atoms with Crippen molar-refractivity contribution in [1.82, 2.24) is 5.06 Å². The Hall–Kier alpha value is -0.650. The van der Waals surface area contributed by atoms with Crippen molar-refractivity contribution in [2.24, 2.45) is 0 Å². The summed E-state index contributed by atoms with van der Waals surface area (Å²) >= 11 is 0. The first-order valence-electron chi connectivity index (χ1n) is 11.2. The summed E-state index contributed by atoms with van der Waals surface area (Å²) < 4.78 is 6.18. The van der Waals surface area contributed by atoms with Gasteiger partial charge in [0.2, 0.25) is 0 Å². The molecule has 1 unspecified atom stereocenters. The first-order chi connectivity index (χ1) is 12.8. The molecule has 1 saturated heterocycles. The van der Waals surface area contributed by atoms with E-state index in [0.717, 1.165) is 57.8 Å². The number of hydroxylamine groups is 2. The standard InChI is InChI=1S/C22H43NO4/c1-4-5-6-7-11-14-17-22(23(26)21(2,3)19-27-22)18-15-12-9-8-10-13-16-20(24)25/h26H,4-19H2,1-3H3,(H,24,25). The van der Waals surface area contributed by atoms with Gasteiger partial charge in [0.25, 0.3) is 0 Å². The number of carboxylic acids is 1. The van der Waals surface area contributed by atoms with E-state index in [4.69, 9.17) is 9.84 Å². The third-order valence-electron chi connectivity index (χ3n) is 5.78. The molecule has 160 valence electrons. The fourth-order valence-electron chi connectivity index (χ4n) is 4.03. The van der Waals surface area contributed by atoms with Crippen molar-refractivity contribution in [2.45, 2.75) is 128 Å². The van der Waals surface area contributed by atoms with Crippen LogP contribution in [-0.2, 0) is 9.53 Å². The lowest BCUT2D eigenvalue weighted by Crippen LogP contribution is -2.50. The Balaban J connectivity index is 2.32. The Morgan fingerprint density at radius 1 is 0.889 bits per heavy atom. The van der Waals surface area contributed by atoms with Gasteiger partial charge in [-0.25, -0.2) is 0 Å². The summed E-state index contributed by atoms with van der Waals surface area (Å²) in [5.41, 5.74) is -0.837. The summed E-state index contributed by atoms with van der Waals surface area (Å²) in [6.07, 6.45) is 15.7. The molecule has 0 aromatic rings. The van der Waals surface area contributed by atoms with Crippen LogP contribution in [0, 0.1) is 0 Å². The van der Waals surface area contributed by atoms with Crippen LogP contribution in [-0.4, -0.2) is 39.2 Å². The van der Waals surface area contributed by atoms with Crippen LogP contribution < -0.4 is 0 Å². The molecular formula is C22H43NO4. The number of hydrogen-bond donors (Lipinski definition) is 2. The third-order valence-corrected chi connectivity index (χ3v) is 5.78. The molecule has 0 aromatic carbocycles. The second-order valence-corrected chi connectivity index (χ2v) is 8.89. The maximum atomic E-state index is 10.8. The number of aliphatic carboxylic acids is 1. The van der Waals surface area contributed by atoms with E-state index in [0.29, 0.717) is 6.61 Å². The Labute approximate surface area is 166 Å². The molecule has 5 nitrogen and oxygen atoms in total. The minimum atomic E-state index is -0.698. The van der Waals surface area contributed by atoms with Gasteiger partial charge in [-0.1, -0.05) is 64.7 Å². The van der Waals surface area contributed by atoms with E-state index in [2.05, 4.69) is 6.92 Å². The van der Waals surface area contributed by atoms with Crippen molar-refractivity contribution >= 4 is 5.97 Å². The zero-order valence-electron chi connectivity index (χ0n) is 18.0. The minimum absolute atomic E-state index is 0.282. The highest BCUT2D eigenvalue weighted by Crippen LogP contribution is 2.40. The van der Waals surface area contributed by atoms with Crippen molar-refractivity contribution in [2.75, 3.05) is 6.61 Å². The SMILES string of the molecule is CCCCCCCCC1(CCCCCCCCC(=O)O)OCC(C)(C)N1O. The maximum Gasteiger partial charge on any atom is 0.303 e. The number of carboxylic acid groups (broad SMARTS) is 1. The van der Waals surface area contributed by atoms with Crippen molar-refractivity contribution in [1.29, 1.82) is 0 Å². The highest BCUT2D eigenvalue weighted by molar-refractivity contribution is 5.66. The molecule has 1 aliphatic heterocycles. The van der Waals surface area contributed by atoms with Gasteiger partial charge in [-0.05, 0) is 46.0 Å². The lowest BCUT2D eigenvalue weighted by molar-refractivity contribution is -0.256. The van der Waals surface area contributed by atoms with Crippen LogP contribution in [0.25, 0.3) is 0 Å². The van der Waals surface area contributed by atoms with Gasteiger partial charge < -0.3 is 15.1 Å². The summed E-state index contributed by atoms with van der Waals surface area (Å²) in [5, 5.41) is 20.9. The van der Waals surface area contributed by atoms with Gasteiger partial charge in [0.05, 0.1) is 12.1 Å². The first-order valence-corrected chi connectivity index (χ1v) is 11.2. The van der Waals surface area contributed by atoms with E-state index < -0.39 is 11.7 Å². The fraction of sp³-hybridized carbons (Fsp3) is 0.955. The predicted molar refractivity (Wildman–Crippen MR) is 109 cm³/mol. The van der Waals surface area contributed by atoms with Crippen LogP contribution in [0.15, 0.2) is 0 Å². The van der Waals surface area contributed by atoms with Gasteiger partial charge in [-0.15, -0.1) is 0 Å². The van der Waals surface area contributed by atoms with Crippen LogP contribution in [0.2, 0.25) is 0 Å². The van der Waals surface area contributed by atoms with Crippen LogP contribution in [0.3, 0.4) is 0 Å². The minimum Gasteiger partial charge on any atom is -0.481 e. The smallest absolute Gasteiger partial charge is 0.303 e. The van der Waals surface area contributed by atoms with Gasteiger partial charge in [-0.3, -0.25) is 4.79 Å². The Bertz CT molecular complexity index is 413. The lowest BCUT2D eigenvalue weighted by Gasteiger charge is -2.37. The van der Waals surface area contributed by atoms with Gasteiger partial charge in [0, 0.05) is 6.42 Å². The monoisotopic (exact) mass is 385 g/mol. The first kappa shape index (κ1) is 24.4. The van der Waals surface area contributed by atoms with Gasteiger partial charge in [0.1, 0.15) is 5.72 Å². The van der Waals surface area contributed by atoms with Crippen LogP contribution in [0.4, 0.5) is 0 Å². The zero-order valence-corrected chi connectivity index (χ0v) is 18.0. The molecule has 0 saturated carbocycles. The molecule has 0 bridgehead atoms. The van der Waals surface area contributed by atoms with E-state index >= 15 is 0 Å². The molecule has 1 atom stereocenters. The number of hydrogen-bond acceptors (Lipinski definition) is 4. The molecule has 0 spiro atoms. The van der Waals surface area contributed by atoms with Gasteiger partial charge in [-0.2, -0.15) is 5.06 Å². The lowest BCUT2D eigenvalue weighted by atomic mass is 9.95. The second-order valence-electron chi connectivity index (χ2n) is 8.89. The van der Waals surface area contributed by atoms with Crippen molar-refractivity contribution in [3.05, 3.63) is 0 Å². The average molecular weight is 386 g/mol. The molecule has 2 N–H and O–H groups in total. The quantitative estimate of drug-likeness (QED) is 0.312.